The van der Waals surface area contributed by atoms with Crippen LogP contribution in [0.25, 0.3) is 0 Å². The molecule has 0 heterocycles. The average molecular weight is 244 g/mol. The number of likely N-dealkylation sites (N-methyl/N-ethyl adjacent to an activating group) is 1. The van der Waals surface area contributed by atoms with Gasteiger partial charge in [-0.2, -0.15) is 0 Å². The zero-order chi connectivity index (χ0) is 9.90. The Labute approximate surface area is 87.1 Å². The van der Waals surface area contributed by atoms with Crippen molar-refractivity contribution in [3.8, 4) is 0 Å². The number of aliphatic hydroxyl groups is 1. The third-order valence-electron chi connectivity index (χ3n) is 1.97. The maximum absolute atomic E-state index is 10.0. The zero-order valence-corrected chi connectivity index (χ0v) is 9.43. The predicted molar refractivity (Wildman–Crippen MR) is 57.6 cm³/mol. The maximum Gasteiger partial charge on any atom is 0.0992 e. The lowest BCUT2D eigenvalue weighted by atomic mass is 9.96. The molecule has 3 heteroatoms. The minimum Gasteiger partial charge on any atom is -0.384 e. The molecule has 0 aliphatic heterocycles. The molecule has 0 amide bonds. The van der Waals surface area contributed by atoms with Gasteiger partial charge < -0.3 is 10.4 Å². The second-order valence-corrected chi connectivity index (χ2v) is 4.23. The lowest BCUT2D eigenvalue weighted by Gasteiger charge is -2.23. The molecule has 1 aromatic carbocycles. The van der Waals surface area contributed by atoms with Gasteiger partial charge in [-0.3, -0.25) is 0 Å². The Morgan fingerprint density at radius 2 is 2.23 bits per heavy atom. The summed E-state index contributed by atoms with van der Waals surface area (Å²) in [6, 6.07) is 7.71. The number of rotatable bonds is 3. The number of halogens is 1. The van der Waals surface area contributed by atoms with Gasteiger partial charge in [0.25, 0.3) is 0 Å². The average Bonchev–Trinajstić information content (AvgIpc) is 2.04. The molecule has 0 aliphatic carbocycles. The number of nitrogens with one attached hydrogen (secondary N) is 1. The van der Waals surface area contributed by atoms with Crippen LogP contribution in [0.5, 0.6) is 0 Å². The molecule has 0 aliphatic rings. The lowest BCUT2D eigenvalue weighted by molar-refractivity contribution is 0.0591. The van der Waals surface area contributed by atoms with Crippen LogP contribution in [0, 0.1) is 0 Å². The Morgan fingerprint density at radius 3 is 2.77 bits per heavy atom. The summed E-state index contributed by atoms with van der Waals surface area (Å²) in [6.45, 7) is 2.34. The van der Waals surface area contributed by atoms with E-state index in [4.69, 9.17) is 0 Å². The van der Waals surface area contributed by atoms with Gasteiger partial charge in [0, 0.05) is 11.0 Å². The van der Waals surface area contributed by atoms with Crippen molar-refractivity contribution in [1.82, 2.24) is 5.32 Å². The van der Waals surface area contributed by atoms with Gasteiger partial charge in [-0.15, -0.1) is 0 Å². The van der Waals surface area contributed by atoms with E-state index in [9.17, 15) is 5.11 Å². The highest BCUT2D eigenvalue weighted by Crippen LogP contribution is 2.22. The van der Waals surface area contributed by atoms with Crippen molar-refractivity contribution >= 4 is 15.9 Å². The first-order valence-electron chi connectivity index (χ1n) is 4.19. The molecule has 72 valence electrons. The predicted octanol–water partition coefficient (Wildman–Crippen LogP) is 1.88. The van der Waals surface area contributed by atoms with Crippen molar-refractivity contribution in [2.24, 2.45) is 0 Å². The summed E-state index contributed by atoms with van der Waals surface area (Å²) in [6.07, 6.45) is 0. The first kappa shape index (κ1) is 10.7. The normalized spacial score (nSPS) is 15.4. The summed E-state index contributed by atoms with van der Waals surface area (Å²) in [5.41, 5.74) is 0.106. The minimum atomic E-state index is -0.807. The monoisotopic (exact) mass is 243 g/mol. The highest BCUT2D eigenvalue weighted by atomic mass is 79.9. The Bertz CT molecular complexity index is 286. The van der Waals surface area contributed by atoms with Crippen LogP contribution in [0.3, 0.4) is 0 Å². The van der Waals surface area contributed by atoms with Crippen molar-refractivity contribution in [3.05, 3.63) is 34.3 Å². The Balaban J connectivity index is 2.93. The van der Waals surface area contributed by atoms with Crippen molar-refractivity contribution in [1.29, 1.82) is 0 Å². The van der Waals surface area contributed by atoms with E-state index in [0.29, 0.717) is 6.54 Å². The van der Waals surface area contributed by atoms with Crippen LogP contribution in [0.1, 0.15) is 12.5 Å². The summed E-state index contributed by atoms with van der Waals surface area (Å²) >= 11 is 3.37. The van der Waals surface area contributed by atoms with Gasteiger partial charge in [0.2, 0.25) is 0 Å². The Kier molecular flexibility index (Phi) is 3.47. The lowest BCUT2D eigenvalue weighted by Crippen LogP contribution is -2.33. The van der Waals surface area contributed by atoms with E-state index in [1.807, 2.05) is 31.3 Å². The zero-order valence-electron chi connectivity index (χ0n) is 7.84. The fourth-order valence-electron chi connectivity index (χ4n) is 1.27. The molecule has 2 nitrogen and oxygen atoms in total. The molecule has 13 heavy (non-hydrogen) atoms. The summed E-state index contributed by atoms with van der Waals surface area (Å²) in [4.78, 5) is 0. The summed E-state index contributed by atoms with van der Waals surface area (Å²) in [5, 5.41) is 13.0. The van der Waals surface area contributed by atoms with Crippen LogP contribution < -0.4 is 5.32 Å². The van der Waals surface area contributed by atoms with E-state index in [2.05, 4.69) is 21.2 Å². The number of benzene rings is 1. The Hall–Kier alpha value is -0.380. The van der Waals surface area contributed by atoms with Crippen molar-refractivity contribution < 1.29 is 5.11 Å². The van der Waals surface area contributed by atoms with Gasteiger partial charge in [-0.05, 0) is 31.7 Å². The van der Waals surface area contributed by atoms with Crippen molar-refractivity contribution in [3.63, 3.8) is 0 Å². The van der Waals surface area contributed by atoms with Crippen LogP contribution in [-0.4, -0.2) is 18.7 Å². The molecule has 0 fully saturated rings. The first-order chi connectivity index (χ1) is 6.06. The van der Waals surface area contributed by atoms with E-state index in [-0.39, 0.29) is 0 Å². The molecule has 1 rings (SSSR count). The quantitative estimate of drug-likeness (QED) is 0.850. The van der Waals surface area contributed by atoms with Crippen molar-refractivity contribution in [2.45, 2.75) is 12.5 Å². The van der Waals surface area contributed by atoms with Crippen LogP contribution in [0.2, 0.25) is 0 Å². The van der Waals surface area contributed by atoms with E-state index in [0.717, 1.165) is 10.0 Å². The van der Waals surface area contributed by atoms with Crippen molar-refractivity contribution in [2.75, 3.05) is 13.6 Å². The van der Waals surface area contributed by atoms with Gasteiger partial charge in [0.15, 0.2) is 0 Å². The summed E-state index contributed by atoms with van der Waals surface area (Å²) < 4.78 is 0.987. The third-order valence-corrected chi connectivity index (χ3v) is 2.46. The molecule has 0 aromatic heterocycles. The van der Waals surface area contributed by atoms with Crippen LogP contribution in [0.15, 0.2) is 28.7 Å². The molecule has 0 bridgehead atoms. The maximum atomic E-state index is 10.0. The molecule has 1 atom stereocenters. The van der Waals surface area contributed by atoms with Crippen LogP contribution >= 0.6 is 15.9 Å². The van der Waals surface area contributed by atoms with E-state index < -0.39 is 5.60 Å². The molecule has 0 spiro atoms. The molecule has 2 N–H and O–H groups in total. The van der Waals surface area contributed by atoms with E-state index in [1.165, 1.54) is 0 Å². The molecule has 0 saturated heterocycles. The topological polar surface area (TPSA) is 32.3 Å². The second kappa shape index (κ2) is 4.22. The molecular formula is C10H14BrNO. The third kappa shape index (κ3) is 2.79. The van der Waals surface area contributed by atoms with Gasteiger partial charge in [0.05, 0.1) is 5.60 Å². The minimum absolute atomic E-state index is 0.545. The largest absolute Gasteiger partial charge is 0.384 e. The van der Waals surface area contributed by atoms with E-state index in [1.54, 1.807) is 6.92 Å². The SMILES string of the molecule is CNCC(C)(O)c1cccc(Br)c1. The fourth-order valence-corrected chi connectivity index (χ4v) is 1.67. The standard InChI is InChI=1S/C10H14BrNO/c1-10(13,7-12-2)8-4-3-5-9(11)6-8/h3-6,12-13H,7H2,1-2H3. The Morgan fingerprint density at radius 1 is 1.54 bits per heavy atom. The summed E-state index contributed by atoms with van der Waals surface area (Å²) in [5.74, 6) is 0. The fraction of sp³-hybridized carbons (Fsp3) is 0.400. The summed E-state index contributed by atoms with van der Waals surface area (Å²) in [7, 11) is 1.83. The molecule has 0 radical (unpaired) electrons. The highest BCUT2D eigenvalue weighted by Gasteiger charge is 2.21. The smallest absolute Gasteiger partial charge is 0.0992 e. The van der Waals surface area contributed by atoms with Crippen LogP contribution in [-0.2, 0) is 5.60 Å². The molecule has 1 aromatic rings. The van der Waals surface area contributed by atoms with Gasteiger partial charge in [-0.1, -0.05) is 28.1 Å². The molecule has 0 saturated carbocycles. The van der Waals surface area contributed by atoms with Gasteiger partial charge in [0.1, 0.15) is 0 Å². The van der Waals surface area contributed by atoms with Gasteiger partial charge in [-0.25, -0.2) is 0 Å². The highest BCUT2D eigenvalue weighted by molar-refractivity contribution is 9.10. The number of hydrogen-bond donors (Lipinski definition) is 2. The van der Waals surface area contributed by atoms with Gasteiger partial charge >= 0.3 is 0 Å². The van der Waals surface area contributed by atoms with Crippen LogP contribution in [0.4, 0.5) is 0 Å². The number of hydrogen-bond acceptors (Lipinski definition) is 2. The molecule has 1 unspecified atom stereocenters. The first-order valence-corrected chi connectivity index (χ1v) is 4.98. The van der Waals surface area contributed by atoms with E-state index >= 15 is 0 Å². The molecular weight excluding hydrogens is 230 g/mol. The second-order valence-electron chi connectivity index (χ2n) is 3.31.